The van der Waals surface area contributed by atoms with Crippen LogP contribution in [0.1, 0.15) is 50.3 Å². The summed E-state index contributed by atoms with van der Waals surface area (Å²) in [4.78, 5) is 12.1. The summed E-state index contributed by atoms with van der Waals surface area (Å²) in [6.07, 6.45) is 2.78. The summed E-state index contributed by atoms with van der Waals surface area (Å²) in [5.41, 5.74) is 2.54. The Morgan fingerprint density at radius 2 is 1.47 bits per heavy atom. The Morgan fingerprint density at radius 1 is 0.861 bits per heavy atom. The normalized spacial score (nSPS) is 11.2. The van der Waals surface area contributed by atoms with Crippen LogP contribution in [0.25, 0.3) is 0 Å². The largest absolute Gasteiger partial charge is 0.494 e. The van der Waals surface area contributed by atoms with Crippen LogP contribution in [0.5, 0.6) is 11.5 Å². The summed E-state index contributed by atoms with van der Waals surface area (Å²) in [5.74, 6) is 0.943. The lowest BCUT2D eigenvalue weighted by Gasteiger charge is -2.19. The standard InChI is InChI=1S/C30H34ClFO4/c1-30(2,3)29(33)35-18-8-12-24-20-25(31)19-23(28(24)36-21-22-9-5-4-6-10-22)11-7-17-34-27-15-13-26(32)14-16-27/h4-6,9-10,13-16,19-20H,7-8,11-12,17-18,21H2,1-3H3. The first-order valence-corrected chi connectivity index (χ1v) is 12.6. The van der Waals surface area contributed by atoms with Crippen molar-refractivity contribution in [3.05, 3.63) is 94.3 Å². The molecule has 0 bridgehead atoms. The van der Waals surface area contributed by atoms with E-state index in [1.54, 1.807) is 12.1 Å². The predicted octanol–water partition coefficient (Wildman–Crippen LogP) is 7.59. The van der Waals surface area contributed by atoms with E-state index in [1.807, 2.05) is 63.2 Å². The molecular formula is C30H34ClFO4. The van der Waals surface area contributed by atoms with Crippen molar-refractivity contribution in [2.24, 2.45) is 5.41 Å². The van der Waals surface area contributed by atoms with Crippen LogP contribution in [0.2, 0.25) is 5.02 Å². The molecule has 0 spiro atoms. The van der Waals surface area contributed by atoms with Crippen LogP contribution in [0, 0.1) is 11.2 Å². The molecule has 0 amide bonds. The predicted molar refractivity (Wildman–Crippen MR) is 141 cm³/mol. The summed E-state index contributed by atoms with van der Waals surface area (Å²) >= 11 is 6.48. The average molecular weight is 513 g/mol. The second kappa shape index (κ2) is 13.3. The topological polar surface area (TPSA) is 44.8 Å². The number of ether oxygens (including phenoxy) is 3. The van der Waals surface area contributed by atoms with Crippen molar-refractivity contribution in [3.63, 3.8) is 0 Å². The van der Waals surface area contributed by atoms with Crippen molar-refractivity contribution >= 4 is 17.6 Å². The molecule has 0 N–H and O–H groups in total. The van der Waals surface area contributed by atoms with Gasteiger partial charge < -0.3 is 14.2 Å². The smallest absolute Gasteiger partial charge is 0.311 e. The van der Waals surface area contributed by atoms with E-state index in [4.69, 9.17) is 25.8 Å². The van der Waals surface area contributed by atoms with Crippen LogP contribution in [0.3, 0.4) is 0 Å². The van der Waals surface area contributed by atoms with Gasteiger partial charge >= 0.3 is 5.97 Å². The van der Waals surface area contributed by atoms with Crippen molar-refractivity contribution < 1.29 is 23.4 Å². The highest BCUT2D eigenvalue weighted by Crippen LogP contribution is 2.31. The number of esters is 1. The quantitative estimate of drug-likeness (QED) is 0.185. The van der Waals surface area contributed by atoms with Gasteiger partial charge in [-0.15, -0.1) is 0 Å². The highest BCUT2D eigenvalue weighted by molar-refractivity contribution is 6.30. The van der Waals surface area contributed by atoms with Crippen molar-refractivity contribution in [2.45, 2.75) is 53.1 Å². The molecule has 0 aliphatic carbocycles. The zero-order valence-corrected chi connectivity index (χ0v) is 21.9. The fourth-order valence-electron chi connectivity index (χ4n) is 3.63. The van der Waals surface area contributed by atoms with Crippen LogP contribution in [-0.2, 0) is 29.0 Å². The molecule has 6 heteroatoms. The number of carbonyl (C=O) groups is 1. The van der Waals surface area contributed by atoms with Gasteiger partial charge in [0.05, 0.1) is 18.6 Å². The lowest BCUT2D eigenvalue weighted by molar-refractivity contribution is -0.153. The number of carbonyl (C=O) groups excluding carboxylic acids is 1. The lowest BCUT2D eigenvalue weighted by atomic mass is 9.97. The fourth-order valence-corrected chi connectivity index (χ4v) is 3.89. The Kier molecular flexibility index (Phi) is 10.2. The summed E-state index contributed by atoms with van der Waals surface area (Å²) in [6.45, 7) is 6.78. The van der Waals surface area contributed by atoms with E-state index in [2.05, 4.69) is 0 Å². The third-order valence-corrected chi connectivity index (χ3v) is 5.76. The molecule has 3 rings (SSSR count). The molecule has 0 atom stereocenters. The monoisotopic (exact) mass is 512 g/mol. The van der Waals surface area contributed by atoms with Gasteiger partial charge in [0.15, 0.2) is 0 Å². The molecule has 0 heterocycles. The molecule has 0 aliphatic rings. The molecule has 0 saturated carbocycles. The number of hydrogen-bond donors (Lipinski definition) is 0. The van der Waals surface area contributed by atoms with E-state index in [0.29, 0.717) is 49.9 Å². The fraction of sp³-hybridized carbons (Fsp3) is 0.367. The molecule has 0 aliphatic heterocycles. The van der Waals surface area contributed by atoms with Gasteiger partial charge in [-0.1, -0.05) is 41.9 Å². The van der Waals surface area contributed by atoms with Gasteiger partial charge in [0.2, 0.25) is 0 Å². The molecule has 192 valence electrons. The maximum atomic E-state index is 13.1. The molecule has 4 nitrogen and oxygen atoms in total. The van der Waals surface area contributed by atoms with E-state index < -0.39 is 5.41 Å². The number of rotatable bonds is 12. The molecule has 0 aromatic heterocycles. The van der Waals surface area contributed by atoms with Gasteiger partial charge in [0.1, 0.15) is 23.9 Å². The van der Waals surface area contributed by atoms with Crippen molar-refractivity contribution in [3.8, 4) is 11.5 Å². The maximum Gasteiger partial charge on any atom is 0.311 e. The zero-order valence-electron chi connectivity index (χ0n) is 21.2. The third kappa shape index (κ3) is 8.87. The van der Waals surface area contributed by atoms with Crippen molar-refractivity contribution in [2.75, 3.05) is 13.2 Å². The summed E-state index contributed by atoms with van der Waals surface area (Å²) < 4.78 is 30.6. The number of aryl methyl sites for hydroxylation is 2. The Bertz CT molecular complexity index is 1110. The van der Waals surface area contributed by atoms with E-state index in [-0.39, 0.29) is 11.8 Å². The number of benzene rings is 3. The SMILES string of the molecule is CC(C)(C)C(=O)OCCCc1cc(Cl)cc(CCCOc2ccc(F)cc2)c1OCc1ccccc1. The lowest BCUT2D eigenvalue weighted by Crippen LogP contribution is -2.23. The van der Waals surface area contributed by atoms with E-state index in [9.17, 15) is 9.18 Å². The number of halogens is 2. The Hall–Kier alpha value is -3.05. The first-order valence-electron chi connectivity index (χ1n) is 12.3. The Morgan fingerprint density at radius 3 is 2.08 bits per heavy atom. The molecular weight excluding hydrogens is 479 g/mol. The van der Waals surface area contributed by atoms with Crippen LogP contribution in [0.15, 0.2) is 66.7 Å². The van der Waals surface area contributed by atoms with Crippen molar-refractivity contribution in [1.82, 2.24) is 0 Å². The molecule has 36 heavy (non-hydrogen) atoms. The maximum absolute atomic E-state index is 13.1. The van der Waals surface area contributed by atoms with Crippen LogP contribution >= 0.6 is 11.6 Å². The second-order valence-electron chi connectivity index (χ2n) is 9.72. The molecule has 0 unspecified atom stereocenters. The van der Waals surface area contributed by atoms with Crippen molar-refractivity contribution in [1.29, 1.82) is 0 Å². The molecule has 0 radical (unpaired) electrons. The second-order valence-corrected chi connectivity index (χ2v) is 10.2. The van der Waals surface area contributed by atoms with Gasteiger partial charge in [-0.2, -0.15) is 0 Å². The molecule has 0 fully saturated rings. The summed E-state index contributed by atoms with van der Waals surface area (Å²) in [6, 6.07) is 19.9. The van der Waals surface area contributed by atoms with Crippen LogP contribution in [0.4, 0.5) is 4.39 Å². The highest BCUT2D eigenvalue weighted by Gasteiger charge is 2.22. The molecule has 3 aromatic carbocycles. The van der Waals surface area contributed by atoms with Gasteiger partial charge in [-0.25, -0.2) is 4.39 Å². The Balaban J connectivity index is 1.67. The summed E-state index contributed by atoms with van der Waals surface area (Å²) in [7, 11) is 0. The van der Waals surface area contributed by atoms with E-state index >= 15 is 0 Å². The van der Waals surface area contributed by atoms with Crippen LogP contribution in [-0.4, -0.2) is 19.2 Å². The minimum atomic E-state index is -0.525. The van der Waals surface area contributed by atoms with E-state index in [0.717, 1.165) is 28.9 Å². The van der Waals surface area contributed by atoms with E-state index in [1.165, 1.54) is 12.1 Å². The zero-order chi connectivity index (χ0) is 26.0. The Labute approximate surface area is 218 Å². The molecule has 3 aromatic rings. The van der Waals surface area contributed by atoms with Gasteiger partial charge in [0.25, 0.3) is 0 Å². The third-order valence-electron chi connectivity index (χ3n) is 5.54. The minimum absolute atomic E-state index is 0.212. The number of hydrogen-bond acceptors (Lipinski definition) is 4. The first-order chi connectivity index (χ1) is 17.2. The van der Waals surface area contributed by atoms with Gasteiger partial charge in [0, 0.05) is 5.02 Å². The average Bonchev–Trinajstić information content (AvgIpc) is 2.84. The first kappa shape index (κ1) is 27.5. The summed E-state index contributed by atoms with van der Waals surface area (Å²) in [5, 5.41) is 0.637. The van der Waals surface area contributed by atoms with Gasteiger partial charge in [-0.3, -0.25) is 4.79 Å². The van der Waals surface area contributed by atoms with Crippen LogP contribution < -0.4 is 9.47 Å². The molecule has 0 saturated heterocycles. The van der Waals surface area contributed by atoms with Gasteiger partial charge in [-0.05, 0) is 99.5 Å². The minimum Gasteiger partial charge on any atom is -0.494 e. The highest BCUT2D eigenvalue weighted by atomic mass is 35.5.